The molecule has 0 fully saturated rings. The number of para-hydroxylation sites is 3. The summed E-state index contributed by atoms with van der Waals surface area (Å²) in [4.78, 5) is 2.32. The van der Waals surface area contributed by atoms with Gasteiger partial charge in [-0.2, -0.15) is 0 Å². The van der Waals surface area contributed by atoms with Crippen LogP contribution in [-0.4, -0.2) is 0 Å². The highest BCUT2D eigenvalue weighted by Crippen LogP contribution is 2.50. The molecule has 0 atom stereocenters. The summed E-state index contributed by atoms with van der Waals surface area (Å²) in [6.45, 7) is 0. The molecule has 0 aliphatic rings. The number of fused-ring (bicyclic) bond motifs is 11. The van der Waals surface area contributed by atoms with Gasteiger partial charge in [0.05, 0.1) is 5.69 Å². The molecule has 12 aromatic rings. The first-order valence-electron chi connectivity index (χ1n) is 18.9. The summed E-state index contributed by atoms with van der Waals surface area (Å²) in [5.41, 5.74) is 12.3. The van der Waals surface area contributed by atoms with E-state index in [4.69, 9.17) is 13.3 Å². The molecule has 0 unspecified atom stereocenters. The van der Waals surface area contributed by atoms with Crippen molar-refractivity contribution < 1.29 is 13.3 Å². The minimum Gasteiger partial charge on any atom is -0.456 e. The fraction of sp³-hybridized carbons (Fsp3) is 0. The standard InChI is InChI=1S/C52H31NO3/c1-2-11-32(12-3-1)34-21-24-36(25-22-34)53(37-26-23-33-13-4-5-14-35(33)31-37)43-28-27-39(41-18-10-17-40-38-15-6-8-19-44(38)55-51(40)41)49-50-47(56-52(43)49)30-29-46-48(50)42-16-7-9-20-45(42)54-46/h1-31H. The van der Waals surface area contributed by atoms with E-state index in [0.29, 0.717) is 0 Å². The van der Waals surface area contributed by atoms with Crippen molar-refractivity contribution in [3.05, 3.63) is 188 Å². The van der Waals surface area contributed by atoms with E-state index < -0.39 is 0 Å². The number of benzene rings is 9. The first-order chi connectivity index (χ1) is 27.8. The Morgan fingerprint density at radius 1 is 0.321 bits per heavy atom. The van der Waals surface area contributed by atoms with Gasteiger partial charge in [0.1, 0.15) is 27.9 Å². The first-order valence-corrected chi connectivity index (χ1v) is 18.9. The van der Waals surface area contributed by atoms with Crippen molar-refractivity contribution in [2.24, 2.45) is 0 Å². The average Bonchev–Trinajstić information content (AvgIpc) is 3.96. The Balaban J connectivity index is 1.19. The van der Waals surface area contributed by atoms with Crippen molar-refractivity contribution in [1.82, 2.24) is 0 Å². The highest BCUT2D eigenvalue weighted by atomic mass is 16.3. The fourth-order valence-electron chi connectivity index (χ4n) is 8.70. The largest absolute Gasteiger partial charge is 0.456 e. The van der Waals surface area contributed by atoms with E-state index in [-0.39, 0.29) is 0 Å². The summed E-state index contributed by atoms with van der Waals surface area (Å²) < 4.78 is 20.3. The van der Waals surface area contributed by atoms with Crippen molar-refractivity contribution >= 4 is 93.7 Å². The number of hydrogen-bond acceptors (Lipinski definition) is 4. The summed E-state index contributed by atoms with van der Waals surface area (Å²) in [6.07, 6.45) is 0. The van der Waals surface area contributed by atoms with Crippen LogP contribution in [0.4, 0.5) is 17.1 Å². The topological polar surface area (TPSA) is 42.7 Å². The molecule has 12 rings (SSSR count). The van der Waals surface area contributed by atoms with Crippen LogP contribution in [0.25, 0.3) is 98.8 Å². The van der Waals surface area contributed by atoms with E-state index in [1.54, 1.807) is 0 Å². The van der Waals surface area contributed by atoms with E-state index >= 15 is 0 Å². The Labute approximate surface area is 321 Å². The van der Waals surface area contributed by atoms with Gasteiger partial charge in [0.15, 0.2) is 5.58 Å². The van der Waals surface area contributed by atoms with Gasteiger partial charge in [-0.1, -0.05) is 133 Å². The lowest BCUT2D eigenvalue weighted by molar-refractivity contribution is 0.663. The van der Waals surface area contributed by atoms with Crippen LogP contribution in [0.15, 0.2) is 201 Å². The molecule has 0 N–H and O–H groups in total. The zero-order valence-electron chi connectivity index (χ0n) is 30.1. The molecular weight excluding hydrogens is 687 g/mol. The van der Waals surface area contributed by atoms with Crippen LogP contribution in [0.1, 0.15) is 0 Å². The van der Waals surface area contributed by atoms with E-state index in [1.807, 2.05) is 36.4 Å². The molecule has 0 radical (unpaired) electrons. The summed E-state index contributed by atoms with van der Waals surface area (Å²) >= 11 is 0. The lowest BCUT2D eigenvalue weighted by Gasteiger charge is -2.26. The monoisotopic (exact) mass is 717 g/mol. The van der Waals surface area contributed by atoms with E-state index in [0.717, 1.165) is 105 Å². The summed E-state index contributed by atoms with van der Waals surface area (Å²) in [5.74, 6) is 0. The van der Waals surface area contributed by atoms with Crippen LogP contribution in [-0.2, 0) is 0 Å². The Morgan fingerprint density at radius 3 is 1.80 bits per heavy atom. The fourth-order valence-corrected chi connectivity index (χ4v) is 8.70. The molecule has 4 nitrogen and oxygen atoms in total. The van der Waals surface area contributed by atoms with Crippen LogP contribution in [0.2, 0.25) is 0 Å². The maximum Gasteiger partial charge on any atom is 0.160 e. The molecule has 262 valence electrons. The molecule has 0 saturated heterocycles. The highest BCUT2D eigenvalue weighted by molar-refractivity contribution is 6.30. The maximum absolute atomic E-state index is 7.13. The average molecular weight is 718 g/mol. The highest BCUT2D eigenvalue weighted by Gasteiger charge is 2.26. The lowest BCUT2D eigenvalue weighted by Crippen LogP contribution is -2.10. The van der Waals surface area contributed by atoms with Crippen molar-refractivity contribution in [2.45, 2.75) is 0 Å². The Hall–Kier alpha value is -7.56. The third-order valence-corrected chi connectivity index (χ3v) is 11.3. The quantitative estimate of drug-likeness (QED) is 0.178. The molecule has 4 heteroatoms. The third kappa shape index (κ3) is 4.60. The zero-order valence-corrected chi connectivity index (χ0v) is 30.1. The lowest BCUT2D eigenvalue weighted by atomic mass is 9.95. The molecule has 56 heavy (non-hydrogen) atoms. The Kier molecular flexibility index (Phi) is 6.60. The minimum atomic E-state index is 0.781. The predicted octanol–water partition coefficient (Wildman–Crippen LogP) is 15.3. The number of furan rings is 3. The molecule has 0 saturated carbocycles. The molecule has 0 aliphatic carbocycles. The second kappa shape index (κ2) is 12.0. The van der Waals surface area contributed by atoms with E-state index in [9.17, 15) is 0 Å². The molecule has 0 aliphatic heterocycles. The van der Waals surface area contributed by atoms with E-state index in [2.05, 4.69) is 157 Å². The van der Waals surface area contributed by atoms with Crippen molar-refractivity contribution in [3.63, 3.8) is 0 Å². The zero-order chi connectivity index (χ0) is 36.7. The van der Waals surface area contributed by atoms with Gasteiger partial charge in [-0.15, -0.1) is 0 Å². The Morgan fingerprint density at radius 2 is 0.964 bits per heavy atom. The van der Waals surface area contributed by atoms with Crippen LogP contribution in [0.5, 0.6) is 0 Å². The maximum atomic E-state index is 7.13. The molecule has 0 spiro atoms. The molecular formula is C52H31NO3. The molecule has 9 aromatic carbocycles. The number of rotatable bonds is 5. The predicted molar refractivity (Wildman–Crippen MR) is 231 cm³/mol. The molecule has 3 aromatic heterocycles. The van der Waals surface area contributed by atoms with Gasteiger partial charge in [0.25, 0.3) is 0 Å². The second-order valence-corrected chi connectivity index (χ2v) is 14.4. The van der Waals surface area contributed by atoms with Crippen LogP contribution < -0.4 is 4.90 Å². The van der Waals surface area contributed by atoms with Gasteiger partial charge in [-0.05, 0) is 82.1 Å². The molecule has 0 bridgehead atoms. The van der Waals surface area contributed by atoms with Gasteiger partial charge >= 0.3 is 0 Å². The first kappa shape index (κ1) is 30.9. The van der Waals surface area contributed by atoms with Crippen LogP contribution >= 0.6 is 0 Å². The summed E-state index contributed by atoms with van der Waals surface area (Å²) in [7, 11) is 0. The van der Waals surface area contributed by atoms with Crippen molar-refractivity contribution in [2.75, 3.05) is 4.90 Å². The smallest absolute Gasteiger partial charge is 0.160 e. The molecule has 0 amide bonds. The van der Waals surface area contributed by atoms with Gasteiger partial charge in [-0.25, -0.2) is 0 Å². The van der Waals surface area contributed by atoms with Gasteiger partial charge in [0.2, 0.25) is 0 Å². The summed E-state index contributed by atoms with van der Waals surface area (Å²) in [5, 5.41) is 8.65. The van der Waals surface area contributed by atoms with Gasteiger partial charge < -0.3 is 18.2 Å². The normalized spacial score (nSPS) is 11.9. The van der Waals surface area contributed by atoms with Gasteiger partial charge in [0, 0.05) is 49.3 Å². The van der Waals surface area contributed by atoms with Crippen LogP contribution in [0.3, 0.4) is 0 Å². The summed E-state index contributed by atoms with van der Waals surface area (Å²) in [6, 6.07) is 66.0. The van der Waals surface area contributed by atoms with Gasteiger partial charge in [-0.3, -0.25) is 0 Å². The Bertz CT molecular complexity index is 3480. The number of hydrogen-bond donors (Lipinski definition) is 0. The van der Waals surface area contributed by atoms with Crippen molar-refractivity contribution in [1.29, 1.82) is 0 Å². The number of anilines is 3. The third-order valence-electron chi connectivity index (χ3n) is 11.3. The SMILES string of the molecule is c1ccc(-c2ccc(N(c3ccc4ccccc4c3)c3ccc(-c4cccc5c4oc4ccccc45)c4c3oc3ccc5oc6ccccc6c5c34)cc2)cc1. The van der Waals surface area contributed by atoms with Crippen LogP contribution in [0, 0.1) is 0 Å². The second-order valence-electron chi connectivity index (χ2n) is 14.4. The van der Waals surface area contributed by atoms with Crippen molar-refractivity contribution in [3.8, 4) is 22.3 Å². The minimum absolute atomic E-state index is 0.781. The molecule has 3 heterocycles. The number of nitrogens with zero attached hydrogens (tertiary/aromatic N) is 1. The van der Waals surface area contributed by atoms with E-state index in [1.165, 1.54) is 10.9 Å².